The monoisotopic (exact) mass is 258 g/mol. The molecular weight excluding hydrogens is 248 g/mol. The SMILES string of the molecule is Cc1cc(C(=O)C(C)Br)ccc1S. The third-order valence-electron chi connectivity index (χ3n) is 1.84. The Kier molecular flexibility index (Phi) is 3.56. The first-order valence-corrected chi connectivity index (χ1v) is 5.36. The molecule has 0 spiro atoms. The zero-order valence-corrected chi connectivity index (χ0v) is 10.0. The van der Waals surface area contributed by atoms with Crippen LogP contribution in [-0.2, 0) is 0 Å². The minimum Gasteiger partial charge on any atom is -0.293 e. The molecule has 0 amide bonds. The van der Waals surface area contributed by atoms with E-state index in [0.29, 0.717) is 0 Å². The lowest BCUT2D eigenvalue weighted by Gasteiger charge is -2.05. The molecule has 0 saturated carbocycles. The molecule has 1 aromatic rings. The summed E-state index contributed by atoms with van der Waals surface area (Å²) in [4.78, 5) is 12.3. The standard InChI is InChI=1S/C10H11BrOS/c1-6-5-8(3-4-9(6)13)10(12)7(2)11/h3-5,7,13H,1-2H3. The van der Waals surface area contributed by atoms with Crippen molar-refractivity contribution in [3.05, 3.63) is 29.3 Å². The van der Waals surface area contributed by atoms with Crippen molar-refractivity contribution in [2.75, 3.05) is 0 Å². The lowest BCUT2D eigenvalue weighted by Crippen LogP contribution is -2.09. The molecule has 1 atom stereocenters. The van der Waals surface area contributed by atoms with Gasteiger partial charge in [-0.15, -0.1) is 12.6 Å². The highest BCUT2D eigenvalue weighted by Crippen LogP contribution is 2.17. The molecule has 3 heteroatoms. The van der Waals surface area contributed by atoms with Crippen molar-refractivity contribution in [3.8, 4) is 0 Å². The average Bonchev–Trinajstić information content (AvgIpc) is 2.08. The highest BCUT2D eigenvalue weighted by atomic mass is 79.9. The molecule has 0 aliphatic rings. The molecule has 0 bridgehead atoms. The van der Waals surface area contributed by atoms with Crippen LogP contribution in [0.1, 0.15) is 22.8 Å². The smallest absolute Gasteiger partial charge is 0.176 e. The highest BCUT2D eigenvalue weighted by Gasteiger charge is 2.11. The Morgan fingerprint density at radius 3 is 2.62 bits per heavy atom. The van der Waals surface area contributed by atoms with Gasteiger partial charge in [0.15, 0.2) is 5.78 Å². The number of hydrogen-bond acceptors (Lipinski definition) is 2. The van der Waals surface area contributed by atoms with E-state index in [1.165, 1.54) is 0 Å². The molecule has 0 aliphatic heterocycles. The van der Waals surface area contributed by atoms with Gasteiger partial charge in [-0.2, -0.15) is 0 Å². The van der Waals surface area contributed by atoms with Crippen LogP contribution in [0.4, 0.5) is 0 Å². The predicted octanol–water partition coefficient (Wildman–Crippen LogP) is 3.25. The van der Waals surface area contributed by atoms with Crippen molar-refractivity contribution in [3.63, 3.8) is 0 Å². The number of halogens is 1. The number of thiol groups is 1. The van der Waals surface area contributed by atoms with Crippen LogP contribution in [0.5, 0.6) is 0 Å². The van der Waals surface area contributed by atoms with E-state index in [2.05, 4.69) is 28.6 Å². The number of ketones is 1. The van der Waals surface area contributed by atoms with Crippen molar-refractivity contribution in [1.82, 2.24) is 0 Å². The maximum atomic E-state index is 11.5. The largest absolute Gasteiger partial charge is 0.293 e. The normalized spacial score (nSPS) is 12.6. The van der Waals surface area contributed by atoms with Gasteiger partial charge in [-0.05, 0) is 31.5 Å². The first kappa shape index (κ1) is 10.8. The van der Waals surface area contributed by atoms with E-state index in [1.54, 1.807) is 6.07 Å². The van der Waals surface area contributed by atoms with E-state index in [-0.39, 0.29) is 10.6 Å². The molecule has 1 rings (SSSR count). The number of Topliss-reactive ketones (excluding diaryl/α,β-unsaturated/α-hetero) is 1. The topological polar surface area (TPSA) is 17.1 Å². The zero-order valence-electron chi connectivity index (χ0n) is 7.54. The molecule has 1 unspecified atom stereocenters. The van der Waals surface area contributed by atoms with E-state index in [4.69, 9.17) is 0 Å². The van der Waals surface area contributed by atoms with Gasteiger partial charge in [0, 0.05) is 10.5 Å². The Morgan fingerprint density at radius 1 is 1.54 bits per heavy atom. The van der Waals surface area contributed by atoms with E-state index < -0.39 is 0 Å². The van der Waals surface area contributed by atoms with Crippen LogP contribution in [-0.4, -0.2) is 10.6 Å². The van der Waals surface area contributed by atoms with Crippen LogP contribution < -0.4 is 0 Å². The quantitative estimate of drug-likeness (QED) is 0.490. The van der Waals surface area contributed by atoms with E-state index >= 15 is 0 Å². The lowest BCUT2D eigenvalue weighted by molar-refractivity contribution is 0.0995. The number of rotatable bonds is 2. The first-order chi connectivity index (χ1) is 6.02. The second-order valence-corrected chi connectivity index (χ2v) is 4.84. The van der Waals surface area contributed by atoms with Gasteiger partial charge in [-0.25, -0.2) is 0 Å². The van der Waals surface area contributed by atoms with Crippen LogP contribution >= 0.6 is 28.6 Å². The van der Waals surface area contributed by atoms with Crippen molar-refractivity contribution in [2.24, 2.45) is 0 Å². The summed E-state index contributed by atoms with van der Waals surface area (Å²) >= 11 is 7.49. The summed E-state index contributed by atoms with van der Waals surface area (Å²) in [6, 6.07) is 5.51. The second kappa shape index (κ2) is 4.29. The second-order valence-electron chi connectivity index (χ2n) is 2.98. The molecule has 0 N–H and O–H groups in total. The summed E-state index contributed by atoms with van der Waals surface area (Å²) in [5.74, 6) is 0.108. The Labute approximate surface area is 92.1 Å². The van der Waals surface area contributed by atoms with Crippen LogP contribution in [0, 0.1) is 6.92 Å². The highest BCUT2D eigenvalue weighted by molar-refractivity contribution is 9.10. The molecule has 0 aromatic heterocycles. The fourth-order valence-electron chi connectivity index (χ4n) is 1.04. The summed E-state index contributed by atoms with van der Waals surface area (Å²) in [6.07, 6.45) is 0. The molecule has 0 saturated heterocycles. The predicted molar refractivity (Wildman–Crippen MR) is 61.2 cm³/mol. The minimum absolute atomic E-state index is 0.108. The number of hydrogen-bond donors (Lipinski definition) is 1. The molecule has 0 heterocycles. The molecule has 0 fully saturated rings. The first-order valence-electron chi connectivity index (χ1n) is 4.00. The van der Waals surface area contributed by atoms with Gasteiger partial charge in [0.25, 0.3) is 0 Å². The third kappa shape index (κ3) is 2.58. The molecule has 1 aromatic carbocycles. The third-order valence-corrected chi connectivity index (χ3v) is 2.76. The number of carbonyl (C=O) groups is 1. The van der Waals surface area contributed by atoms with Gasteiger partial charge in [-0.1, -0.05) is 22.0 Å². The van der Waals surface area contributed by atoms with Gasteiger partial charge >= 0.3 is 0 Å². The number of aryl methyl sites for hydroxylation is 1. The maximum absolute atomic E-state index is 11.5. The fourth-order valence-corrected chi connectivity index (χ4v) is 1.44. The van der Waals surface area contributed by atoms with Crippen molar-refractivity contribution < 1.29 is 4.79 Å². The number of carbonyl (C=O) groups excluding carboxylic acids is 1. The van der Waals surface area contributed by atoms with Crippen LogP contribution in [0.15, 0.2) is 23.1 Å². The molecular formula is C10H11BrOS. The average molecular weight is 259 g/mol. The lowest BCUT2D eigenvalue weighted by atomic mass is 10.1. The molecule has 70 valence electrons. The Bertz CT molecular complexity index is 334. The van der Waals surface area contributed by atoms with Crippen molar-refractivity contribution in [2.45, 2.75) is 23.6 Å². The summed E-state index contributed by atoms with van der Waals surface area (Å²) in [5.41, 5.74) is 1.77. The van der Waals surface area contributed by atoms with Crippen LogP contribution in [0.2, 0.25) is 0 Å². The zero-order chi connectivity index (χ0) is 10.0. The van der Waals surface area contributed by atoms with E-state index in [1.807, 2.05) is 26.0 Å². The molecule has 13 heavy (non-hydrogen) atoms. The van der Waals surface area contributed by atoms with Gasteiger partial charge in [0.1, 0.15) is 0 Å². The summed E-state index contributed by atoms with van der Waals surface area (Å²) in [6.45, 7) is 3.77. The Balaban J connectivity index is 3.04. The van der Waals surface area contributed by atoms with Crippen molar-refractivity contribution in [1.29, 1.82) is 0 Å². The molecule has 1 nitrogen and oxygen atoms in total. The van der Waals surface area contributed by atoms with E-state index in [9.17, 15) is 4.79 Å². The van der Waals surface area contributed by atoms with Gasteiger partial charge in [0.05, 0.1) is 4.83 Å². The van der Waals surface area contributed by atoms with Crippen molar-refractivity contribution >= 4 is 34.3 Å². The van der Waals surface area contributed by atoms with Gasteiger partial charge < -0.3 is 0 Å². The minimum atomic E-state index is -0.127. The summed E-state index contributed by atoms with van der Waals surface area (Å²) in [7, 11) is 0. The number of benzene rings is 1. The summed E-state index contributed by atoms with van der Waals surface area (Å²) < 4.78 is 0. The maximum Gasteiger partial charge on any atom is 0.176 e. The van der Waals surface area contributed by atoms with Gasteiger partial charge in [-0.3, -0.25) is 4.79 Å². The fraction of sp³-hybridized carbons (Fsp3) is 0.300. The van der Waals surface area contributed by atoms with Crippen LogP contribution in [0.3, 0.4) is 0 Å². The summed E-state index contributed by atoms with van der Waals surface area (Å²) in [5, 5.41) is 0. The number of alkyl halides is 1. The Hall–Kier alpha value is -0.280. The Morgan fingerprint density at radius 2 is 2.15 bits per heavy atom. The molecule has 0 aliphatic carbocycles. The van der Waals surface area contributed by atoms with E-state index in [0.717, 1.165) is 16.0 Å². The molecule has 0 radical (unpaired) electrons. The van der Waals surface area contributed by atoms with Crippen LogP contribution in [0.25, 0.3) is 0 Å². The van der Waals surface area contributed by atoms with Gasteiger partial charge in [0.2, 0.25) is 0 Å².